The molecule has 3 nitrogen and oxygen atoms in total. The molecule has 1 aromatic rings. The molecule has 0 bridgehead atoms. The Labute approximate surface area is 76.1 Å². The highest BCUT2D eigenvalue weighted by molar-refractivity contribution is 7.96. The summed E-state index contributed by atoms with van der Waals surface area (Å²) >= 11 is 3.47. The predicted octanol–water partition coefficient (Wildman–Crippen LogP) is 1.76. The standard InChI is InChI=1S/C8H9NO2S/c10-8(12)9-11-6-7-4-2-1-3-5-7/h1-5H,6H2,(H2,9,10,12). The van der Waals surface area contributed by atoms with Gasteiger partial charge in [-0.05, 0) is 5.56 Å². The fourth-order valence-corrected chi connectivity index (χ4v) is 0.820. The fourth-order valence-electron chi connectivity index (χ4n) is 0.755. The van der Waals surface area contributed by atoms with Crippen LogP contribution in [0.1, 0.15) is 5.56 Å². The fraction of sp³-hybridized carbons (Fsp3) is 0.125. The Morgan fingerprint density at radius 3 is 2.67 bits per heavy atom. The van der Waals surface area contributed by atoms with Gasteiger partial charge in [-0.2, -0.15) is 0 Å². The van der Waals surface area contributed by atoms with Gasteiger partial charge in [-0.1, -0.05) is 43.0 Å². The molecule has 4 heteroatoms. The quantitative estimate of drug-likeness (QED) is 0.553. The largest absolute Gasteiger partial charge is 0.299 e. The van der Waals surface area contributed by atoms with Crippen LogP contribution in [0.5, 0.6) is 0 Å². The number of benzene rings is 1. The van der Waals surface area contributed by atoms with Gasteiger partial charge in [0.15, 0.2) is 0 Å². The maximum absolute atomic E-state index is 10.3. The molecule has 0 fully saturated rings. The van der Waals surface area contributed by atoms with E-state index in [4.69, 9.17) is 4.84 Å². The summed E-state index contributed by atoms with van der Waals surface area (Å²) < 4.78 is 0. The monoisotopic (exact) mass is 183 g/mol. The smallest absolute Gasteiger partial charge is 0.268 e. The van der Waals surface area contributed by atoms with E-state index in [0.29, 0.717) is 6.61 Å². The molecule has 0 radical (unpaired) electrons. The van der Waals surface area contributed by atoms with Crippen LogP contribution in [0.15, 0.2) is 30.3 Å². The lowest BCUT2D eigenvalue weighted by atomic mass is 10.2. The summed E-state index contributed by atoms with van der Waals surface area (Å²) in [7, 11) is 0. The Kier molecular flexibility index (Phi) is 3.63. The van der Waals surface area contributed by atoms with Crippen molar-refractivity contribution >= 4 is 17.9 Å². The van der Waals surface area contributed by atoms with Crippen molar-refractivity contribution in [2.75, 3.05) is 0 Å². The van der Waals surface area contributed by atoms with Gasteiger partial charge < -0.3 is 0 Å². The maximum Gasteiger partial charge on any atom is 0.299 e. The first-order valence-corrected chi connectivity index (χ1v) is 3.88. The van der Waals surface area contributed by atoms with Crippen molar-refractivity contribution in [2.45, 2.75) is 6.61 Å². The third-order valence-corrected chi connectivity index (χ3v) is 1.33. The second-order valence-corrected chi connectivity index (χ2v) is 2.59. The molecule has 0 saturated heterocycles. The average molecular weight is 183 g/mol. The molecule has 0 aliphatic rings. The van der Waals surface area contributed by atoms with Gasteiger partial charge in [-0.25, -0.2) is 5.48 Å². The molecule has 1 N–H and O–H groups in total. The number of thiol groups is 1. The lowest BCUT2D eigenvalue weighted by Gasteiger charge is -2.01. The molecular weight excluding hydrogens is 174 g/mol. The summed E-state index contributed by atoms with van der Waals surface area (Å²) in [6.45, 7) is 0.354. The van der Waals surface area contributed by atoms with Crippen LogP contribution in [-0.2, 0) is 11.4 Å². The first-order valence-electron chi connectivity index (χ1n) is 3.43. The number of nitrogens with one attached hydrogen (secondary N) is 1. The topological polar surface area (TPSA) is 38.3 Å². The van der Waals surface area contributed by atoms with Crippen LogP contribution in [0, 0.1) is 0 Å². The van der Waals surface area contributed by atoms with Gasteiger partial charge in [0.1, 0.15) is 0 Å². The third-order valence-electron chi connectivity index (χ3n) is 1.24. The molecular formula is C8H9NO2S. The Bertz CT molecular complexity index is 250. The molecule has 0 atom stereocenters. The van der Waals surface area contributed by atoms with Gasteiger partial charge in [0, 0.05) is 0 Å². The van der Waals surface area contributed by atoms with E-state index in [2.05, 4.69) is 18.1 Å². The predicted molar refractivity (Wildman–Crippen MR) is 48.7 cm³/mol. The molecule has 0 spiro atoms. The van der Waals surface area contributed by atoms with Crippen LogP contribution < -0.4 is 5.48 Å². The first kappa shape index (κ1) is 9.09. The Morgan fingerprint density at radius 1 is 1.42 bits per heavy atom. The van der Waals surface area contributed by atoms with Crippen molar-refractivity contribution in [2.24, 2.45) is 0 Å². The van der Waals surface area contributed by atoms with E-state index < -0.39 is 5.24 Å². The van der Waals surface area contributed by atoms with E-state index >= 15 is 0 Å². The highest BCUT2D eigenvalue weighted by Gasteiger charge is 1.92. The van der Waals surface area contributed by atoms with Crippen LogP contribution >= 0.6 is 12.6 Å². The van der Waals surface area contributed by atoms with Gasteiger partial charge in [-0.3, -0.25) is 9.63 Å². The number of carbonyl (C=O) groups excluding carboxylic acids is 1. The number of carbonyl (C=O) groups is 1. The Morgan fingerprint density at radius 2 is 2.08 bits per heavy atom. The van der Waals surface area contributed by atoms with Crippen molar-refractivity contribution < 1.29 is 9.63 Å². The molecule has 1 aromatic carbocycles. The van der Waals surface area contributed by atoms with Crippen LogP contribution in [0.2, 0.25) is 0 Å². The Hall–Kier alpha value is -1.00. The summed E-state index contributed by atoms with van der Waals surface area (Å²) in [5.41, 5.74) is 3.12. The molecule has 0 aliphatic carbocycles. The number of hydrogen-bond acceptors (Lipinski definition) is 2. The lowest BCUT2D eigenvalue weighted by Crippen LogP contribution is -2.16. The van der Waals surface area contributed by atoms with E-state index in [1.165, 1.54) is 0 Å². The number of hydrogen-bond donors (Lipinski definition) is 2. The number of amides is 1. The zero-order valence-electron chi connectivity index (χ0n) is 6.36. The van der Waals surface area contributed by atoms with Crippen molar-refractivity contribution in [3.8, 4) is 0 Å². The average Bonchev–Trinajstić information content (AvgIpc) is 2.05. The van der Waals surface area contributed by atoms with Crippen molar-refractivity contribution in [1.82, 2.24) is 5.48 Å². The van der Waals surface area contributed by atoms with E-state index in [-0.39, 0.29) is 0 Å². The van der Waals surface area contributed by atoms with E-state index in [9.17, 15) is 4.79 Å². The molecule has 64 valence electrons. The molecule has 0 aliphatic heterocycles. The van der Waals surface area contributed by atoms with Gasteiger partial charge in [0.05, 0.1) is 6.61 Å². The molecule has 0 aromatic heterocycles. The molecule has 1 rings (SSSR count). The number of rotatable bonds is 3. The number of hydroxylamine groups is 1. The first-order chi connectivity index (χ1) is 5.79. The Balaban J connectivity index is 2.29. The zero-order valence-corrected chi connectivity index (χ0v) is 7.25. The SMILES string of the molecule is O=C(S)NOCc1ccccc1. The minimum absolute atomic E-state index is 0.354. The van der Waals surface area contributed by atoms with Crippen LogP contribution in [0.25, 0.3) is 0 Å². The third kappa shape index (κ3) is 3.41. The molecule has 0 heterocycles. The maximum atomic E-state index is 10.3. The second kappa shape index (κ2) is 4.79. The highest BCUT2D eigenvalue weighted by atomic mass is 32.1. The molecule has 1 amide bonds. The van der Waals surface area contributed by atoms with Gasteiger partial charge >= 0.3 is 0 Å². The minimum atomic E-state index is -0.495. The second-order valence-electron chi connectivity index (χ2n) is 2.18. The van der Waals surface area contributed by atoms with Gasteiger partial charge in [0.25, 0.3) is 5.24 Å². The van der Waals surface area contributed by atoms with Crippen molar-refractivity contribution in [3.63, 3.8) is 0 Å². The van der Waals surface area contributed by atoms with Gasteiger partial charge in [0.2, 0.25) is 0 Å². The summed E-state index contributed by atoms with van der Waals surface area (Å²) in [6, 6.07) is 9.54. The minimum Gasteiger partial charge on any atom is -0.268 e. The van der Waals surface area contributed by atoms with Crippen LogP contribution in [-0.4, -0.2) is 5.24 Å². The summed E-state index contributed by atoms with van der Waals surface area (Å²) in [6.07, 6.45) is 0. The van der Waals surface area contributed by atoms with E-state index in [1.807, 2.05) is 30.3 Å². The molecule has 12 heavy (non-hydrogen) atoms. The molecule has 0 saturated carbocycles. The van der Waals surface area contributed by atoms with E-state index in [1.54, 1.807) is 0 Å². The van der Waals surface area contributed by atoms with Crippen LogP contribution in [0.3, 0.4) is 0 Å². The summed E-state index contributed by atoms with van der Waals surface area (Å²) in [5, 5.41) is -0.495. The van der Waals surface area contributed by atoms with Gasteiger partial charge in [-0.15, -0.1) is 0 Å². The van der Waals surface area contributed by atoms with Crippen molar-refractivity contribution in [3.05, 3.63) is 35.9 Å². The lowest BCUT2D eigenvalue weighted by molar-refractivity contribution is 0.0577. The highest BCUT2D eigenvalue weighted by Crippen LogP contribution is 1.98. The zero-order chi connectivity index (χ0) is 8.81. The summed E-state index contributed by atoms with van der Waals surface area (Å²) in [4.78, 5) is 15.1. The van der Waals surface area contributed by atoms with Crippen LogP contribution in [0.4, 0.5) is 4.79 Å². The van der Waals surface area contributed by atoms with Crippen molar-refractivity contribution in [1.29, 1.82) is 0 Å². The summed E-state index contributed by atoms with van der Waals surface area (Å²) in [5.74, 6) is 0. The van der Waals surface area contributed by atoms with E-state index in [0.717, 1.165) is 5.56 Å². The normalized spacial score (nSPS) is 9.42. The molecule has 0 unspecified atom stereocenters.